The molecule has 0 aromatic heterocycles. The fourth-order valence-electron chi connectivity index (χ4n) is 0.197. The maximum absolute atomic E-state index is 4.97. The summed E-state index contributed by atoms with van der Waals surface area (Å²) in [4.78, 5) is 3.78. The molecule has 2 heteroatoms. The SMILES string of the molecule is C=CC(C)N=CN. The summed E-state index contributed by atoms with van der Waals surface area (Å²) < 4.78 is 0. The second-order valence-electron chi connectivity index (χ2n) is 1.27. The summed E-state index contributed by atoms with van der Waals surface area (Å²) in [6.45, 7) is 5.42. The molecular weight excluding hydrogens is 88.1 g/mol. The Hall–Kier alpha value is -0.790. The van der Waals surface area contributed by atoms with Crippen molar-refractivity contribution in [1.82, 2.24) is 0 Å². The Morgan fingerprint density at radius 2 is 2.43 bits per heavy atom. The highest BCUT2D eigenvalue weighted by Crippen LogP contribution is 1.84. The summed E-state index contributed by atoms with van der Waals surface area (Å²) in [5.41, 5.74) is 4.97. The first-order valence-corrected chi connectivity index (χ1v) is 2.17. The van der Waals surface area contributed by atoms with Crippen LogP contribution in [0.1, 0.15) is 6.92 Å². The lowest BCUT2D eigenvalue weighted by molar-refractivity contribution is 0.933. The molecule has 2 N–H and O–H groups in total. The molecule has 2 nitrogen and oxygen atoms in total. The van der Waals surface area contributed by atoms with Crippen LogP contribution < -0.4 is 5.73 Å². The topological polar surface area (TPSA) is 38.4 Å². The number of aliphatic imine (C=N–C) groups is 1. The highest BCUT2D eigenvalue weighted by atomic mass is 14.8. The second kappa shape index (κ2) is 3.40. The van der Waals surface area contributed by atoms with E-state index in [1.54, 1.807) is 6.08 Å². The molecule has 0 aromatic carbocycles. The van der Waals surface area contributed by atoms with Gasteiger partial charge in [-0.1, -0.05) is 6.08 Å². The molecule has 0 saturated carbocycles. The van der Waals surface area contributed by atoms with E-state index in [0.29, 0.717) is 0 Å². The van der Waals surface area contributed by atoms with Gasteiger partial charge in [-0.3, -0.25) is 4.99 Å². The van der Waals surface area contributed by atoms with Crippen LogP contribution in [0.25, 0.3) is 0 Å². The van der Waals surface area contributed by atoms with Crippen molar-refractivity contribution in [2.45, 2.75) is 13.0 Å². The molecule has 1 atom stereocenters. The predicted molar refractivity (Wildman–Crippen MR) is 32.3 cm³/mol. The van der Waals surface area contributed by atoms with Gasteiger partial charge in [-0.05, 0) is 6.92 Å². The first kappa shape index (κ1) is 6.21. The Labute approximate surface area is 43.7 Å². The maximum atomic E-state index is 4.97. The van der Waals surface area contributed by atoms with Gasteiger partial charge in [-0.15, -0.1) is 6.58 Å². The number of nitrogens with two attached hydrogens (primary N) is 1. The van der Waals surface area contributed by atoms with E-state index in [-0.39, 0.29) is 6.04 Å². The van der Waals surface area contributed by atoms with E-state index in [0.717, 1.165) is 0 Å². The Morgan fingerprint density at radius 3 is 2.57 bits per heavy atom. The molecule has 0 radical (unpaired) electrons. The molecule has 0 saturated heterocycles. The monoisotopic (exact) mass is 98.1 g/mol. The molecule has 0 heterocycles. The van der Waals surface area contributed by atoms with Crippen LogP contribution in [0.5, 0.6) is 0 Å². The van der Waals surface area contributed by atoms with Crippen LogP contribution in [-0.4, -0.2) is 12.4 Å². The summed E-state index contributed by atoms with van der Waals surface area (Å²) in [6, 6.07) is 0.157. The standard InChI is InChI=1S/C5H10N2/c1-3-5(2)7-4-6/h3-5H,1H2,2H3,(H2,6,7). The van der Waals surface area contributed by atoms with Gasteiger partial charge < -0.3 is 5.73 Å². The lowest BCUT2D eigenvalue weighted by Gasteiger charge is -1.90. The van der Waals surface area contributed by atoms with E-state index in [4.69, 9.17) is 5.73 Å². The molecule has 0 bridgehead atoms. The van der Waals surface area contributed by atoms with Crippen LogP contribution in [0.3, 0.4) is 0 Å². The van der Waals surface area contributed by atoms with Gasteiger partial charge in [0, 0.05) is 0 Å². The molecule has 0 aliphatic heterocycles. The molecule has 1 unspecified atom stereocenters. The van der Waals surface area contributed by atoms with Gasteiger partial charge in [0.15, 0.2) is 0 Å². The van der Waals surface area contributed by atoms with Gasteiger partial charge >= 0.3 is 0 Å². The Balaban J connectivity index is 3.35. The van der Waals surface area contributed by atoms with Gasteiger partial charge in [0.1, 0.15) is 0 Å². The van der Waals surface area contributed by atoms with E-state index in [2.05, 4.69) is 11.6 Å². The molecule has 40 valence electrons. The van der Waals surface area contributed by atoms with Gasteiger partial charge in [-0.2, -0.15) is 0 Å². The molecule has 0 spiro atoms. The third-order valence-electron chi connectivity index (χ3n) is 0.662. The van der Waals surface area contributed by atoms with Crippen LogP contribution in [-0.2, 0) is 0 Å². The Morgan fingerprint density at radius 1 is 1.86 bits per heavy atom. The van der Waals surface area contributed by atoms with Gasteiger partial charge in [-0.25, -0.2) is 0 Å². The van der Waals surface area contributed by atoms with E-state index in [9.17, 15) is 0 Å². The van der Waals surface area contributed by atoms with Gasteiger partial charge in [0.2, 0.25) is 0 Å². The minimum absolute atomic E-state index is 0.157. The molecule has 0 aliphatic rings. The van der Waals surface area contributed by atoms with Crippen molar-refractivity contribution in [3.8, 4) is 0 Å². The summed E-state index contributed by atoms with van der Waals surface area (Å²) in [7, 11) is 0. The van der Waals surface area contributed by atoms with Crippen LogP contribution in [0.15, 0.2) is 17.6 Å². The normalized spacial score (nSPS) is 14.4. The minimum atomic E-state index is 0.157. The third-order valence-corrected chi connectivity index (χ3v) is 0.662. The highest BCUT2D eigenvalue weighted by molar-refractivity contribution is 5.51. The zero-order valence-electron chi connectivity index (χ0n) is 4.46. The molecule has 0 fully saturated rings. The smallest absolute Gasteiger partial charge is 0.0804 e. The van der Waals surface area contributed by atoms with Gasteiger partial charge in [0.25, 0.3) is 0 Å². The van der Waals surface area contributed by atoms with Crippen molar-refractivity contribution in [3.63, 3.8) is 0 Å². The zero-order valence-corrected chi connectivity index (χ0v) is 4.46. The van der Waals surface area contributed by atoms with Crippen LogP contribution in [0, 0.1) is 0 Å². The van der Waals surface area contributed by atoms with Crippen molar-refractivity contribution < 1.29 is 0 Å². The lowest BCUT2D eigenvalue weighted by atomic mass is 10.4. The summed E-state index contributed by atoms with van der Waals surface area (Å²) in [6.07, 6.45) is 3.01. The molecule has 0 rings (SSSR count). The van der Waals surface area contributed by atoms with E-state index in [1.807, 2.05) is 6.92 Å². The third kappa shape index (κ3) is 3.03. The number of nitrogens with zero attached hydrogens (tertiary/aromatic N) is 1. The first-order valence-electron chi connectivity index (χ1n) is 2.17. The average Bonchev–Trinajstić information content (AvgIpc) is 1.68. The second-order valence-corrected chi connectivity index (χ2v) is 1.27. The molecule has 0 amide bonds. The van der Waals surface area contributed by atoms with Crippen molar-refractivity contribution >= 4 is 6.34 Å². The van der Waals surface area contributed by atoms with Crippen LogP contribution in [0.2, 0.25) is 0 Å². The summed E-state index contributed by atoms with van der Waals surface area (Å²) in [5, 5.41) is 0. The Bertz CT molecular complexity index is 76.1. The fourth-order valence-corrected chi connectivity index (χ4v) is 0.197. The van der Waals surface area contributed by atoms with E-state index >= 15 is 0 Å². The molecular formula is C5H10N2. The first-order chi connectivity index (χ1) is 3.31. The summed E-state index contributed by atoms with van der Waals surface area (Å²) >= 11 is 0. The van der Waals surface area contributed by atoms with E-state index in [1.165, 1.54) is 6.34 Å². The number of hydrogen-bond acceptors (Lipinski definition) is 1. The summed E-state index contributed by atoms with van der Waals surface area (Å²) in [5.74, 6) is 0. The van der Waals surface area contributed by atoms with Gasteiger partial charge in [0.05, 0.1) is 12.4 Å². The van der Waals surface area contributed by atoms with Crippen molar-refractivity contribution in [3.05, 3.63) is 12.7 Å². The fraction of sp³-hybridized carbons (Fsp3) is 0.400. The lowest BCUT2D eigenvalue weighted by Crippen LogP contribution is -1.96. The van der Waals surface area contributed by atoms with Crippen molar-refractivity contribution in [2.75, 3.05) is 0 Å². The molecule has 7 heavy (non-hydrogen) atoms. The zero-order chi connectivity index (χ0) is 5.70. The largest absolute Gasteiger partial charge is 0.390 e. The van der Waals surface area contributed by atoms with Crippen molar-refractivity contribution in [1.29, 1.82) is 0 Å². The van der Waals surface area contributed by atoms with E-state index < -0.39 is 0 Å². The molecule has 0 aliphatic carbocycles. The number of rotatable bonds is 2. The maximum Gasteiger partial charge on any atom is 0.0804 e. The van der Waals surface area contributed by atoms with Crippen molar-refractivity contribution in [2.24, 2.45) is 10.7 Å². The predicted octanol–water partition coefficient (Wildman–Crippen LogP) is 0.548. The Kier molecular flexibility index (Phi) is 3.02. The average molecular weight is 98.1 g/mol. The highest BCUT2D eigenvalue weighted by Gasteiger charge is 1.82. The number of hydrogen-bond donors (Lipinski definition) is 1. The minimum Gasteiger partial charge on any atom is -0.390 e. The van der Waals surface area contributed by atoms with Crippen LogP contribution >= 0.6 is 0 Å². The van der Waals surface area contributed by atoms with Crippen LogP contribution in [0.4, 0.5) is 0 Å². The molecule has 0 aromatic rings. The quantitative estimate of drug-likeness (QED) is 0.305.